The van der Waals surface area contributed by atoms with Crippen LogP contribution in [-0.2, 0) is 25.5 Å². The molecule has 2 aromatic carbocycles. The number of nitrogens with one attached hydrogen (secondary N) is 1. The van der Waals surface area contributed by atoms with E-state index < -0.39 is 5.97 Å². The molecule has 1 aliphatic rings. The van der Waals surface area contributed by atoms with Gasteiger partial charge in [0.1, 0.15) is 0 Å². The Labute approximate surface area is 163 Å². The fourth-order valence-electron chi connectivity index (χ4n) is 2.77. The van der Waals surface area contributed by atoms with Crippen LogP contribution in [0.15, 0.2) is 48.5 Å². The van der Waals surface area contributed by atoms with Gasteiger partial charge in [-0.2, -0.15) is 0 Å². The second-order valence-corrected chi connectivity index (χ2v) is 6.53. The Morgan fingerprint density at radius 3 is 2.48 bits per heavy atom. The quantitative estimate of drug-likeness (QED) is 0.771. The summed E-state index contributed by atoms with van der Waals surface area (Å²) in [6, 6.07) is 14.6. The van der Waals surface area contributed by atoms with E-state index in [2.05, 4.69) is 10.2 Å². The molecule has 1 saturated heterocycles. The summed E-state index contributed by atoms with van der Waals surface area (Å²) in [6.45, 7) is 2.81. The molecule has 0 bridgehead atoms. The van der Waals surface area contributed by atoms with Crippen molar-refractivity contribution in [2.45, 2.75) is 6.42 Å². The molecule has 1 N–H and O–H groups in total. The molecule has 0 unspecified atom stereocenters. The van der Waals surface area contributed by atoms with Gasteiger partial charge in [0.2, 0.25) is 0 Å². The highest BCUT2D eigenvalue weighted by molar-refractivity contribution is 6.31. The number of carbonyl (C=O) groups is 2. The summed E-state index contributed by atoms with van der Waals surface area (Å²) in [4.78, 5) is 26.1. The van der Waals surface area contributed by atoms with Gasteiger partial charge in [-0.3, -0.25) is 9.59 Å². The highest BCUT2D eigenvalue weighted by Crippen LogP contribution is 2.19. The summed E-state index contributed by atoms with van der Waals surface area (Å²) in [5.74, 6) is -0.887. The number of ether oxygens (including phenoxy) is 2. The second-order valence-electron chi connectivity index (χ2n) is 6.12. The van der Waals surface area contributed by atoms with Crippen LogP contribution in [0.1, 0.15) is 5.56 Å². The molecule has 2 aromatic rings. The summed E-state index contributed by atoms with van der Waals surface area (Å²) in [6.07, 6.45) is 0.0290. The van der Waals surface area contributed by atoms with Crippen LogP contribution in [0, 0.1) is 0 Å². The van der Waals surface area contributed by atoms with Gasteiger partial charge in [-0.05, 0) is 35.9 Å². The third-order valence-electron chi connectivity index (χ3n) is 4.18. The summed E-state index contributed by atoms with van der Waals surface area (Å²) >= 11 is 6.01. The number of morpholine rings is 1. The number of benzene rings is 2. The van der Waals surface area contributed by atoms with Crippen molar-refractivity contribution in [1.29, 1.82) is 0 Å². The van der Waals surface area contributed by atoms with E-state index in [0.29, 0.717) is 16.3 Å². The van der Waals surface area contributed by atoms with Crippen LogP contribution in [0.5, 0.6) is 0 Å². The lowest BCUT2D eigenvalue weighted by atomic mass is 10.1. The summed E-state index contributed by atoms with van der Waals surface area (Å²) < 4.78 is 10.4. The first-order chi connectivity index (χ1) is 13.1. The number of halogens is 1. The Hall–Kier alpha value is -2.57. The van der Waals surface area contributed by atoms with Crippen molar-refractivity contribution in [3.8, 4) is 0 Å². The fourth-order valence-corrected chi connectivity index (χ4v) is 2.97. The molecule has 7 heteroatoms. The predicted octanol–water partition coefficient (Wildman–Crippen LogP) is 2.90. The maximum atomic E-state index is 12.0. The van der Waals surface area contributed by atoms with Crippen LogP contribution >= 0.6 is 11.6 Å². The first-order valence-corrected chi connectivity index (χ1v) is 9.11. The number of carbonyl (C=O) groups excluding carboxylic acids is 2. The van der Waals surface area contributed by atoms with Crippen molar-refractivity contribution in [3.05, 3.63) is 59.1 Å². The molecule has 0 spiro atoms. The molecule has 0 saturated carbocycles. The number of rotatable bonds is 6. The molecule has 1 amide bonds. The molecule has 142 valence electrons. The van der Waals surface area contributed by atoms with Crippen LogP contribution < -0.4 is 10.2 Å². The van der Waals surface area contributed by atoms with Crippen LogP contribution in [0.4, 0.5) is 11.4 Å². The number of nitrogens with zero attached hydrogens (tertiary/aromatic N) is 1. The van der Waals surface area contributed by atoms with Crippen molar-refractivity contribution in [1.82, 2.24) is 0 Å². The standard InChI is InChI=1S/C20H21ClN2O4/c21-18-4-2-1-3-15(18)13-20(25)27-14-19(24)22-16-5-7-17(8-6-16)23-9-11-26-12-10-23/h1-8H,9-14H2,(H,22,24). The Morgan fingerprint density at radius 1 is 1.07 bits per heavy atom. The number of anilines is 2. The zero-order valence-corrected chi connectivity index (χ0v) is 15.6. The Kier molecular flexibility index (Phi) is 6.68. The minimum atomic E-state index is -0.499. The van der Waals surface area contributed by atoms with E-state index in [1.807, 2.05) is 24.3 Å². The molecule has 3 rings (SSSR count). The molecule has 0 aliphatic carbocycles. The zero-order chi connectivity index (χ0) is 19.1. The topological polar surface area (TPSA) is 67.9 Å². The molecule has 6 nitrogen and oxygen atoms in total. The molecule has 0 radical (unpaired) electrons. The molecule has 1 fully saturated rings. The normalized spacial score (nSPS) is 13.9. The van der Waals surface area contributed by atoms with Gasteiger partial charge < -0.3 is 19.7 Å². The highest BCUT2D eigenvalue weighted by Gasteiger charge is 2.12. The predicted molar refractivity (Wildman–Crippen MR) is 104 cm³/mol. The van der Waals surface area contributed by atoms with Crippen molar-refractivity contribution in [2.75, 3.05) is 43.1 Å². The highest BCUT2D eigenvalue weighted by atomic mass is 35.5. The van der Waals surface area contributed by atoms with Crippen molar-refractivity contribution in [3.63, 3.8) is 0 Å². The summed E-state index contributed by atoms with van der Waals surface area (Å²) in [5, 5.41) is 3.22. The van der Waals surface area contributed by atoms with Crippen LogP contribution in [0.2, 0.25) is 5.02 Å². The molecular weight excluding hydrogens is 368 g/mol. The summed E-state index contributed by atoms with van der Waals surface area (Å²) in [7, 11) is 0. The van der Waals surface area contributed by atoms with E-state index >= 15 is 0 Å². The van der Waals surface area contributed by atoms with Crippen molar-refractivity contribution < 1.29 is 19.1 Å². The Morgan fingerprint density at radius 2 is 1.78 bits per heavy atom. The largest absolute Gasteiger partial charge is 0.455 e. The molecule has 0 atom stereocenters. The molecule has 27 heavy (non-hydrogen) atoms. The van der Waals surface area contributed by atoms with Gasteiger partial charge in [-0.15, -0.1) is 0 Å². The number of esters is 1. The van der Waals surface area contributed by atoms with E-state index in [0.717, 1.165) is 32.0 Å². The van der Waals surface area contributed by atoms with E-state index in [4.69, 9.17) is 21.1 Å². The van der Waals surface area contributed by atoms with Gasteiger partial charge in [-0.1, -0.05) is 29.8 Å². The van der Waals surface area contributed by atoms with Gasteiger partial charge in [0.15, 0.2) is 6.61 Å². The molecule has 1 aliphatic heterocycles. The van der Waals surface area contributed by atoms with Crippen molar-refractivity contribution in [2.24, 2.45) is 0 Å². The maximum Gasteiger partial charge on any atom is 0.310 e. The Bertz CT molecular complexity index is 789. The Balaban J connectivity index is 1.45. The second kappa shape index (κ2) is 9.39. The fraction of sp³-hybridized carbons (Fsp3) is 0.300. The monoisotopic (exact) mass is 388 g/mol. The van der Waals surface area contributed by atoms with E-state index in [9.17, 15) is 9.59 Å². The SMILES string of the molecule is O=C(COC(=O)Cc1ccccc1Cl)Nc1ccc(N2CCOCC2)cc1. The molecule has 0 aromatic heterocycles. The minimum Gasteiger partial charge on any atom is -0.455 e. The molecule has 1 heterocycles. The smallest absolute Gasteiger partial charge is 0.310 e. The third kappa shape index (κ3) is 5.70. The first-order valence-electron chi connectivity index (χ1n) is 8.73. The number of amides is 1. The van der Waals surface area contributed by atoms with E-state index in [1.165, 1.54) is 0 Å². The zero-order valence-electron chi connectivity index (χ0n) is 14.8. The van der Waals surface area contributed by atoms with Crippen LogP contribution in [0.25, 0.3) is 0 Å². The lowest BCUT2D eigenvalue weighted by Crippen LogP contribution is -2.36. The van der Waals surface area contributed by atoms with Crippen LogP contribution in [-0.4, -0.2) is 44.8 Å². The summed E-state index contributed by atoms with van der Waals surface area (Å²) in [5.41, 5.74) is 2.41. The van der Waals surface area contributed by atoms with E-state index in [-0.39, 0.29) is 18.9 Å². The van der Waals surface area contributed by atoms with Gasteiger partial charge in [0, 0.05) is 29.5 Å². The maximum absolute atomic E-state index is 12.0. The molecular formula is C20H21ClN2O4. The lowest BCUT2D eigenvalue weighted by Gasteiger charge is -2.28. The van der Waals surface area contributed by atoms with E-state index in [1.54, 1.807) is 24.3 Å². The van der Waals surface area contributed by atoms with Crippen molar-refractivity contribution >= 4 is 34.9 Å². The third-order valence-corrected chi connectivity index (χ3v) is 4.55. The van der Waals surface area contributed by atoms with Gasteiger partial charge in [0.05, 0.1) is 19.6 Å². The first kappa shape index (κ1) is 19.2. The average Bonchev–Trinajstić information content (AvgIpc) is 2.69. The van der Waals surface area contributed by atoms with Gasteiger partial charge in [-0.25, -0.2) is 0 Å². The lowest BCUT2D eigenvalue weighted by molar-refractivity contribution is -0.146. The van der Waals surface area contributed by atoms with Crippen LogP contribution in [0.3, 0.4) is 0 Å². The minimum absolute atomic E-state index is 0.0290. The number of hydrogen-bond acceptors (Lipinski definition) is 5. The van der Waals surface area contributed by atoms with Gasteiger partial charge in [0.25, 0.3) is 5.91 Å². The number of hydrogen-bond donors (Lipinski definition) is 1. The average molecular weight is 389 g/mol. The van der Waals surface area contributed by atoms with Gasteiger partial charge >= 0.3 is 5.97 Å².